The highest BCUT2D eigenvalue weighted by atomic mass is 32.1. The Morgan fingerprint density at radius 1 is 1.08 bits per heavy atom. The monoisotopic (exact) mass is 514 g/mol. The van der Waals surface area contributed by atoms with Gasteiger partial charge in [0.1, 0.15) is 5.67 Å². The smallest absolute Gasteiger partial charge is 0.308 e. The molecule has 0 bridgehead atoms. The van der Waals surface area contributed by atoms with Crippen LogP contribution in [0, 0.1) is 12.8 Å². The van der Waals surface area contributed by atoms with Crippen molar-refractivity contribution in [3.63, 3.8) is 0 Å². The van der Waals surface area contributed by atoms with E-state index in [1.165, 1.54) is 12.0 Å². The Balaban J connectivity index is 0.00000109. The zero-order chi connectivity index (χ0) is 26.7. The molecule has 2 heterocycles. The van der Waals surface area contributed by atoms with Gasteiger partial charge in [0.2, 0.25) is 0 Å². The molecule has 0 amide bonds. The molecule has 6 heteroatoms. The molecule has 36 heavy (non-hydrogen) atoms. The number of carbonyl (C=O) groups excluding carboxylic acids is 1. The van der Waals surface area contributed by atoms with E-state index in [4.69, 9.17) is 9.72 Å². The number of thiazole rings is 1. The third kappa shape index (κ3) is 7.76. The van der Waals surface area contributed by atoms with Crippen LogP contribution in [0.5, 0.6) is 0 Å². The Morgan fingerprint density at radius 3 is 2.36 bits per heavy atom. The van der Waals surface area contributed by atoms with Crippen LogP contribution in [0.2, 0.25) is 0 Å². The van der Waals surface area contributed by atoms with E-state index in [-0.39, 0.29) is 11.9 Å². The number of alkyl halides is 1. The molecular weight excluding hydrogens is 471 g/mol. The maximum atomic E-state index is 14.0. The van der Waals surface area contributed by atoms with E-state index < -0.39 is 5.67 Å². The van der Waals surface area contributed by atoms with Crippen LogP contribution in [0.15, 0.2) is 42.5 Å². The number of ether oxygens (including phenoxy) is 1. The number of esters is 1. The molecule has 1 aromatic heterocycles. The lowest BCUT2D eigenvalue weighted by molar-refractivity contribution is -0.145. The number of hydrogen-bond donors (Lipinski definition) is 0. The number of benzene rings is 1. The summed E-state index contributed by atoms with van der Waals surface area (Å²) in [5, 5.41) is 1.02. The van der Waals surface area contributed by atoms with Crippen molar-refractivity contribution in [1.29, 1.82) is 0 Å². The second kappa shape index (κ2) is 14.3. The van der Waals surface area contributed by atoms with E-state index in [9.17, 15) is 9.18 Å². The van der Waals surface area contributed by atoms with Gasteiger partial charge in [-0.1, -0.05) is 70.5 Å². The summed E-state index contributed by atoms with van der Waals surface area (Å²) in [7, 11) is 1.47. The quantitative estimate of drug-likeness (QED) is 0.384. The Morgan fingerprint density at radius 2 is 1.75 bits per heavy atom. The fraction of sp³-hybridized carbons (Fsp3) is 0.533. The molecule has 1 aliphatic carbocycles. The van der Waals surface area contributed by atoms with Crippen molar-refractivity contribution in [2.24, 2.45) is 5.92 Å². The molecule has 1 fully saturated rings. The predicted octanol–water partition coefficient (Wildman–Crippen LogP) is 8.41. The second-order valence-electron chi connectivity index (χ2n) is 8.95. The molecule has 0 saturated carbocycles. The molecule has 4 rings (SSSR count). The van der Waals surface area contributed by atoms with Crippen molar-refractivity contribution in [1.82, 2.24) is 4.98 Å². The van der Waals surface area contributed by atoms with Crippen molar-refractivity contribution in [3.05, 3.63) is 52.9 Å². The summed E-state index contributed by atoms with van der Waals surface area (Å²) >= 11 is 1.71. The van der Waals surface area contributed by atoms with Gasteiger partial charge in [0, 0.05) is 30.0 Å². The van der Waals surface area contributed by atoms with Crippen LogP contribution in [0.25, 0.3) is 16.8 Å². The first kappa shape index (κ1) is 29.8. The zero-order valence-corrected chi connectivity index (χ0v) is 23.9. The average molecular weight is 515 g/mol. The Bertz CT molecular complexity index is 1020. The molecule has 0 radical (unpaired) electrons. The van der Waals surface area contributed by atoms with E-state index in [0.717, 1.165) is 66.3 Å². The molecule has 198 valence electrons. The molecule has 4 nitrogen and oxygen atoms in total. The molecule has 0 spiro atoms. The zero-order valence-electron chi connectivity index (χ0n) is 23.1. The number of nitrogens with zero attached hydrogens (tertiary/aromatic N) is 2. The van der Waals surface area contributed by atoms with E-state index in [1.54, 1.807) is 24.3 Å². The number of methoxy groups -OCH3 is 1. The summed E-state index contributed by atoms with van der Waals surface area (Å²) in [6.45, 7) is 13.5. The van der Waals surface area contributed by atoms with Crippen LogP contribution in [0.1, 0.15) is 77.2 Å². The summed E-state index contributed by atoms with van der Waals surface area (Å²) in [6, 6.07) is 8.36. The molecule has 0 N–H and O–H groups in total. The number of anilines is 1. The number of hydrogen-bond acceptors (Lipinski definition) is 5. The van der Waals surface area contributed by atoms with Crippen LogP contribution >= 0.6 is 11.3 Å². The SMILES string of the molecule is CC.CC.COC(=O)C1CCCCN(c2nc(-c3ccc(C4=CCC(C)(F)C=C4)cc3)c(C)s2)CC1. The van der Waals surface area contributed by atoms with Crippen LogP contribution in [0.4, 0.5) is 9.52 Å². The second-order valence-corrected chi connectivity index (χ2v) is 10.1. The first-order valence-corrected chi connectivity index (χ1v) is 14.2. The molecule has 1 saturated heterocycles. The summed E-state index contributed by atoms with van der Waals surface area (Å²) in [4.78, 5) is 20.5. The van der Waals surface area contributed by atoms with Gasteiger partial charge in [-0.3, -0.25) is 4.79 Å². The highest BCUT2D eigenvalue weighted by Crippen LogP contribution is 2.35. The lowest BCUT2D eigenvalue weighted by Gasteiger charge is -2.27. The number of rotatable bonds is 4. The number of halogens is 1. The van der Waals surface area contributed by atoms with Gasteiger partial charge in [-0.05, 0) is 50.3 Å². The van der Waals surface area contributed by atoms with Gasteiger partial charge in [-0.15, -0.1) is 11.3 Å². The lowest BCUT2D eigenvalue weighted by Crippen LogP contribution is -2.31. The standard InChI is InChI=1S/C26H31FN2O2S.2C2H6/c1-18-23(21-9-7-19(8-10-21)20-11-14-26(2,27)15-12-20)28-25(32-18)29-16-5-4-6-22(13-17-29)24(30)31-3;2*1-2/h7-12,14,22H,4-6,13,15-17H2,1-3H3;2*1-2H3. The molecule has 2 unspecified atom stereocenters. The number of carbonyl (C=O) groups is 1. The summed E-state index contributed by atoms with van der Waals surface area (Å²) in [5.74, 6) is -0.115. The molecule has 2 aromatic rings. The van der Waals surface area contributed by atoms with Gasteiger partial charge in [-0.2, -0.15) is 0 Å². The average Bonchev–Trinajstić information content (AvgIpc) is 3.27. The maximum absolute atomic E-state index is 14.0. The van der Waals surface area contributed by atoms with Crippen molar-refractivity contribution < 1.29 is 13.9 Å². The predicted molar refractivity (Wildman–Crippen MR) is 152 cm³/mol. The minimum absolute atomic E-state index is 0.0192. The summed E-state index contributed by atoms with van der Waals surface area (Å²) in [5.41, 5.74) is 2.99. The van der Waals surface area contributed by atoms with Gasteiger partial charge in [0.25, 0.3) is 0 Å². The van der Waals surface area contributed by atoms with E-state index in [0.29, 0.717) is 6.42 Å². The van der Waals surface area contributed by atoms with Crippen molar-refractivity contribution in [2.45, 2.75) is 79.3 Å². The topological polar surface area (TPSA) is 42.4 Å². The van der Waals surface area contributed by atoms with E-state index in [1.807, 2.05) is 39.8 Å². The summed E-state index contributed by atoms with van der Waals surface area (Å²) < 4.78 is 19.0. The Labute approximate surface area is 221 Å². The number of aryl methyl sites for hydroxylation is 1. The van der Waals surface area contributed by atoms with Crippen LogP contribution in [-0.4, -0.2) is 36.8 Å². The Hall–Kier alpha value is -2.47. The van der Waals surface area contributed by atoms with E-state index >= 15 is 0 Å². The first-order chi connectivity index (χ1) is 17.4. The number of aromatic nitrogens is 1. The Kier molecular flexibility index (Phi) is 11.8. The largest absolute Gasteiger partial charge is 0.469 e. The normalized spacial score (nSPS) is 21.6. The molecule has 2 aliphatic rings. The van der Waals surface area contributed by atoms with Crippen LogP contribution in [-0.2, 0) is 9.53 Å². The van der Waals surface area contributed by atoms with Crippen LogP contribution in [0.3, 0.4) is 0 Å². The van der Waals surface area contributed by atoms with E-state index in [2.05, 4.69) is 36.1 Å². The summed E-state index contributed by atoms with van der Waals surface area (Å²) in [6.07, 6.45) is 9.67. The molecule has 1 aromatic carbocycles. The van der Waals surface area contributed by atoms with Crippen molar-refractivity contribution >= 4 is 28.0 Å². The first-order valence-electron chi connectivity index (χ1n) is 13.4. The third-order valence-corrected chi connectivity index (χ3v) is 7.42. The lowest BCUT2D eigenvalue weighted by atomic mass is 9.92. The fourth-order valence-electron chi connectivity index (χ4n) is 4.38. The molecular formula is C30H43FN2O2S. The molecule has 1 aliphatic heterocycles. The highest BCUT2D eigenvalue weighted by molar-refractivity contribution is 7.16. The minimum atomic E-state index is -1.25. The third-order valence-electron chi connectivity index (χ3n) is 6.39. The number of allylic oxidation sites excluding steroid dienone is 4. The van der Waals surface area contributed by atoms with Gasteiger partial charge < -0.3 is 9.64 Å². The van der Waals surface area contributed by atoms with Gasteiger partial charge >= 0.3 is 5.97 Å². The van der Waals surface area contributed by atoms with Gasteiger partial charge in [-0.25, -0.2) is 9.37 Å². The minimum Gasteiger partial charge on any atom is -0.469 e. The van der Waals surface area contributed by atoms with Gasteiger partial charge in [0.05, 0.1) is 18.7 Å². The van der Waals surface area contributed by atoms with Gasteiger partial charge in [0.15, 0.2) is 5.13 Å². The fourth-order valence-corrected chi connectivity index (χ4v) is 5.37. The van der Waals surface area contributed by atoms with Crippen molar-refractivity contribution in [3.8, 4) is 11.3 Å². The highest BCUT2D eigenvalue weighted by Gasteiger charge is 2.24. The van der Waals surface area contributed by atoms with Crippen LogP contribution < -0.4 is 4.90 Å². The molecule has 2 atom stereocenters. The van der Waals surface area contributed by atoms with Crippen molar-refractivity contribution in [2.75, 3.05) is 25.1 Å². The maximum Gasteiger partial charge on any atom is 0.308 e.